The highest BCUT2D eigenvalue weighted by Crippen LogP contribution is 2.38. The van der Waals surface area contributed by atoms with Crippen molar-refractivity contribution >= 4 is 5.97 Å². The molecule has 2 aliphatic rings. The SMILES string of the molecule is COC(=O)[C@@H]1O[C@@H]2OC(C)(C)O[C@@H]2[C@@H](OCc2ccccc2)[C@@H]1O. The van der Waals surface area contributed by atoms with Crippen molar-refractivity contribution in [3.05, 3.63) is 35.9 Å². The number of ether oxygens (including phenoxy) is 5. The molecule has 1 aromatic rings. The van der Waals surface area contributed by atoms with Gasteiger partial charge in [0.25, 0.3) is 0 Å². The summed E-state index contributed by atoms with van der Waals surface area (Å²) >= 11 is 0. The van der Waals surface area contributed by atoms with Crippen molar-refractivity contribution in [2.24, 2.45) is 0 Å². The van der Waals surface area contributed by atoms with E-state index in [1.165, 1.54) is 7.11 Å². The van der Waals surface area contributed by atoms with Crippen molar-refractivity contribution in [1.82, 2.24) is 0 Å². The molecule has 2 saturated heterocycles. The second-order valence-electron chi connectivity index (χ2n) is 6.30. The van der Waals surface area contributed by atoms with Crippen LogP contribution < -0.4 is 0 Å². The lowest BCUT2D eigenvalue weighted by atomic mass is 9.98. The average Bonchev–Trinajstić information content (AvgIpc) is 2.87. The monoisotopic (exact) mass is 338 g/mol. The number of carbonyl (C=O) groups is 1. The molecule has 0 aliphatic carbocycles. The minimum atomic E-state index is -1.22. The summed E-state index contributed by atoms with van der Waals surface area (Å²) in [5.74, 6) is -1.57. The van der Waals surface area contributed by atoms with Gasteiger partial charge in [-0.2, -0.15) is 0 Å². The van der Waals surface area contributed by atoms with Gasteiger partial charge in [0.2, 0.25) is 0 Å². The molecule has 1 N–H and O–H groups in total. The van der Waals surface area contributed by atoms with E-state index < -0.39 is 42.5 Å². The molecule has 2 fully saturated rings. The van der Waals surface area contributed by atoms with E-state index in [1.807, 2.05) is 30.3 Å². The normalized spacial score (nSPS) is 34.6. The van der Waals surface area contributed by atoms with Crippen LogP contribution in [0.15, 0.2) is 30.3 Å². The lowest BCUT2D eigenvalue weighted by molar-refractivity contribution is -0.260. The molecule has 132 valence electrons. The van der Waals surface area contributed by atoms with Gasteiger partial charge >= 0.3 is 5.97 Å². The maximum atomic E-state index is 11.9. The fourth-order valence-electron chi connectivity index (χ4n) is 2.95. The van der Waals surface area contributed by atoms with Crippen LogP contribution in [0.5, 0.6) is 0 Å². The second-order valence-corrected chi connectivity index (χ2v) is 6.30. The predicted octanol–water partition coefficient (Wildman–Crippen LogP) is 0.982. The third kappa shape index (κ3) is 3.45. The summed E-state index contributed by atoms with van der Waals surface area (Å²) in [5.41, 5.74) is 0.945. The number of fused-ring (bicyclic) bond motifs is 1. The highest BCUT2D eigenvalue weighted by molar-refractivity contribution is 5.75. The first-order chi connectivity index (χ1) is 11.4. The number of esters is 1. The number of methoxy groups -OCH3 is 1. The van der Waals surface area contributed by atoms with Crippen LogP contribution in [-0.2, 0) is 35.1 Å². The van der Waals surface area contributed by atoms with Crippen LogP contribution in [0.2, 0.25) is 0 Å². The molecule has 7 heteroatoms. The Bertz CT molecular complexity index is 574. The number of benzene rings is 1. The zero-order chi connectivity index (χ0) is 17.3. The third-order valence-electron chi connectivity index (χ3n) is 4.06. The molecule has 0 spiro atoms. The molecule has 0 aromatic heterocycles. The zero-order valence-electron chi connectivity index (χ0n) is 13.9. The lowest BCUT2D eigenvalue weighted by Crippen LogP contribution is -2.59. The largest absolute Gasteiger partial charge is 0.467 e. The van der Waals surface area contributed by atoms with Gasteiger partial charge in [0.15, 0.2) is 18.2 Å². The number of hydrogen-bond acceptors (Lipinski definition) is 7. The number of aliphatic hydroxyl groups excluding tert-OH is 1. The van der Waals surface area contributed by atoms with E-state index in [4.69, 9.17) is 23.7 Å². The summed E-state index contributed by atoms with van der Waals surface area (Å²) in [7, 11) is 1.24. The Morgan fingerprint density at radius 1 is 1.25 bits per heavy atom. The number of rotatable bonds is 4. The van der Waals surface area contributed by atoms with Gasteiger partial charge in [0.1, 0.15) is 18.3 Å². The van der Waals surface area contributed by atoms with Gasteiger partial charge < -0.3 is 28.8 Å². The van der Waals surface area contributed by atoms with Crippen molar-refractivity contribution in [3.8, 4) is 0 Å². The third-order valence-corrected chi connectivity index (χ3v) is 4.06. The quantitative estimate of drug-likeness (QED) is 0.819. The van der Waals surface area contributed by atoms with Crippen LogP contribution >= 0.6 is 0 Å². The lowest BCUT2D eigenvalue weighted by Gasteiger charge is -2.38. The summed E-state index contributed by atoms with van der Waals surface area (Å²) in [6.07, 6.45) is -4.64. The van der Waals surface area contributed by atoms with E-state index in [0.29, 0.717) is 0 Å². The average molecular weight is 338 g/mol. The highest BCUT2D eigenvalue weighted by atomic mass is 16.8. The molecule has 2 heterocycles. The van der Waals surface area contributed by atoms with E-state index in [9.17, 15) is 9.90 Å². The molecule has 0 unspecified atom stereocenters. The summed E-state index contributed by atoms with van der Waals surface area (Å²) in [5, 5.41) is 10.5. The molecule has 0 saturated carbocycles. The van der Waals surface area contributed by atoms with E-state index in [-0.39, 0.29) is 6.61 Å². The number of aliphatic hydroxyl groups is 1. The molecule has 0 amide bonds. The van der Waals surface area contributed by atoms with Crippen LogP contribution in [0.3, 0.4) is 0 Å². The van der Waals surface area contributed by atoms with Crippen molar-refractivity contribution < 1.29 is 33.6 Å². The van der Waals surface area contributed by atoms with Crippen molar-refractivity contribution in [3.63, 3.8) is 0 Å². The minimum absolute atomic E-state index is 0.267. The Labute approximate surface area is 140 Å². The van der Waals surface area contributed by atoms with E-state index in [0.717, 1.165) is 5.56 Å². The molecule has 3 rings (SSSR count). The fourth-order valence-corrected chi connectivity index (χ4v) is 2.95. The Hall–Kier alpha value is -1.51. The molecular formula is C17H22O7. The smallest absolute Gasteiger partial charge is 0.337 e. The van der Waals surface area contributed by atoms with Crippen LogP contribution in [-0.4, -0.2) is 54.7 Å². The number of hydrogen-bond donors (Lipinski definition) is 1. The molecular weight excluding hydrogens is 316 g/mol. The zero-order valence-corrected chi connectivity index (χ0v) is 13.9. The first kappa shape index (κ1) is 17.3. The van der Waals surface area contributed by atoms with Gasteiger partial charge in [0, 0.05) is 0 Å². The van der Waals surface area contributed by atoms with Gasteiger partial charge in [-0.05, 0) is 19.4 Å². The maximum Gasteiger partial charge on any atom is 0.337 e. The summed E-state index contributed by atoms with van der Waals surface area (Å²) < 4.78 is 27.6. The summed E-state index contributed by atoms with van der Waals surface area (Å²) in [6, 6.07) is 9.54. The van der Waals surface area contributed by atoms with Gasteiger partial charge in [-0.1, -0.05) is 30.3 Å². The van der Waals surface area contributed by atoms with Gasteiger partial charge in [-0.25, -0.2) is 4.79 Å². The van der Waals surface area contributed by atoms with Crippen LogP contribution in [0.25, 0.3) is 0 Å². The van der Waals surface area contributed by atoms with Crippen LogP contribution in [0.4, 0.5) is 0 Å². The first-order valence-corrected chi connectivity index (χ1v) is 7.84. The molecule has 5 atom stereocenters. The van der Waals surface area contributed by atoms with E-state index >= 15 is 0 Å². The van der Waals surface area contributed by atoms with Crippen LogP contribution in [0, 0.1) is 0 Å². The van der Waals surface area contributed by atoms with Gasteiger partial charge in [-0.3, -0.25) is 0 Å². The molecule has 7 nitrogen and oxygen atoms in total. The first-order valence-electron chi connectivity index (χ1n) is 7.84. The van der Waals surface area contributed by atoms with Crippen molar-refractivity contribution in [2.45, 2.75) is 56.9 Å². The minimum Gasteiger partial charge on any atom is -0.467 e. The van der Waals surface area contributed by atoms with Gasteiger partial charge in [-0.15, -0.1) is 0 Å². The summed E-state index contributed by atoms with van der Waals surface area (Å²) in [6.45, 7) is 3.74. The van der Waals surface area contributed by atoms with Crippen molar-refractivity contribution in [2.75, 3.05) is 7.11 Å². The van der Waals surface area contributed by atoms with Crippen LogP contribution in [0.1, 0.15) is 19.4 Å². The Morgan fingerprint density at radius 3 is 2.62 bits per heavy atom. The standard InChI is InChI=1S/C17H22O7/c1-17(2)23-14-12(21-9-10-7-5-4-6-8-10)11(18)13(15(19)20-3)22-16(14)24-17/h4-8,11-14,16,18H,9H2,1-3H3/t11-,12-,13+,14+,16+/m0/s1. The molecule has 2 aliphatic heterocycles. The van der Waals surface area contributed by atoms with Crippen molar-refractivity contribution in [1.29, 1.82) is 0 Å². The topological polar surface area (TPSA) is 83.5 Å². The second kappa shape index (κ2) is 6.78. The maximum absolute atomic E-state index is 11.9. The van der Waals surface area contributed by atoms with E-state index in [1.54, 1.807) is 13.8 Å². The fraction of sp³-hybridized carbons (Fsp3) is 0.588. The summed E-state index contributed by atoms with van der Waals surface area (Å²) in [4.78, 5) is 11.9. The Morgan fingerprint density at radius 2 is 1.96 bits per heavy atom. The van der Waals surface area contributed by atoms with Gasteiger partial charge in [0.05, 0.1) is 13.7 Å². The molecule has 0 bridgehead atoms. The highest BCUT2D eigenvalue weighted by Gasteiger charge is 2.56. The van der Waals surface area contributed by atoms with E-state index in [2.05, 4.69) is 0 Å². The number of carbonyl (C=O) groups excluding carboxylic acids is 1. The Balaban J connectivity index is 1.78. The molecule has 0 radical (unpaired) electrons. The predicted molar refractivity (Wildman–Crippen MR) is 81.7 cm³/mol. The molecule has 24 heavy (non-hydrogen) atoms. The molecule has 1 aromatic carbocycles. The Kier molecular flexibility index (Phi) is 4.89.